The van der Waals surface area contributed by atoms with Gasteiger partial charge in [-0.25, -0.2) is 4.99 Å². The van der Waals surface area contributed by atoms with E-state index in [-0.39, 0.29) is 6.54 Å². The summed E-state index contributed by atoms with van der Waals surface area (Å²) in [5.41, 5.74) is -2.02. The number of ether oxygens (including phenoxy) is 1. The lowest BCUT2D eigenvalue weighted by Crippen LogP contribution is -2.50. The molecule has 0 aromatic rings. The number of morpholine rings is 1. The van der Waals surface area contributed by atoms with E-state index in [0.717, 1.165) is 25.8 Å². The van der Waals surface area contributed by atoms with E-state index in [0.29, 0.717) is 25.7 Å². The molecule has 0 unspecified atom stereocenters. The Hall–Kier alpha value is -1.44. The van der Waals surface area contributed by atoms with Crippen molar-refractivity contribution in [1.29, 1.82) is 0 Å². The molecule has 0 aromatic carbocycles. The van der Waals surface area contributed by atoms with Crippen LogP contribution in [-0.2, 0) is 4.74 Å². The zero-order chi connectivity index (χ0) is 14.4. The van der Waals surface area contributed by atoms with Gasteiger partial charge in [-0.15, -0.1) is 0 Å². The molecule has 3 aliphatic rings. The first kappa shape index (κ1) is 13.5. The number of fused-ring (bicyclic) bond motifs is 1. The first-order valence-electron chi connectivity index (χ1n) is 6.60. The molecule has 3 aliphatic heterocycles. The summed E-state index contributed by atoms with van der Waals surface area (Å²) in [5.74, 6) is 1.14. The molecule has 0 radical (unpaired) electrons. The number of rotatable bonds is 1. The molecular formula is C12H17F3N4O. The van der Waals surface area contributed by atoms with Gasteiger partial charge in [0.15, 0.2) is 5.54 Å². The van der Waals surface area contributed by atoms with Gasteiger partial charge in [0, 0.05) is 19.6 Å². The van der Waals surface area contributed by atoms with Gasteiger partial charge in [-0.3, -0.25) is 0 Å². The molecular weight excluding hydrogens is 273 g/mol. The molecule has 1 fully saturated rings. The summed E-state index contributed by atoms with van der Waals surface area (Å²) in [5, 5.41) is 3.02. The largest absolute Gasteiger partial charge is 0.415 e. The van der Waals surface area contributed by atoms with Gasteiger partial charge >= 0.3 is 6.18 Å². The maximum absolute atomic E-state index is 13.0. The Morgan fingerprint density at radius 2 is 2.00 bits per heavy atom. The maximum atomic E-state index is 13.0. The van der Waals surface area contributed by atoms with Crippen molar-refractivity contribution in [1.82, 2.24) is 15.1 Å². The van der Waals surface area contributed by atoms with Crippen LogP contribution in [-0.4, -0.2) is 66.9 Å². The minimum absolute atomic E-state index is 0.133. The second kappa shape index (κ2) is 4.54. The average molecular weight is 290 g/mol. The van der Waals surface area contributed by atoms with Crippen molar-refractivity contribution in [2.45, 2.75) is 18.6 Å². The normalized spacial score (nSPS) is 30.6. The van der Waals surface area contributed by atoms with Gasteiger partial charge in [-0.05, 0) is 13.0 Å². The molecule has 1 saturated heterocycles. The van der Waals surface area contributed by atoms with E-state index < -0.39 is 11.7 Å². The van der Waals surface area contributed by atoms with Gasteiger partial charge in [-0.1, -0.05) is 0 Å². The molecule has 8 heteroatoms. The van der Waals surface area contributed by atoms with E-state index in [9.17, 15) is 13.2 Å². The summed E-state index contributed by atoms with van der Waals surface area (Å²) in [7, 11) is 0. The molecule has 20 heavy (non-hydrogen) atoms. The third-order valence-electron chi connectivity index (χ3n) is 3.86. The Bertz CT molecular complexity index is 456. The number of alkyl halides is 3. The highest BCUT2D eigenvalue weighted by Gasteiger charge is 2.56. The number of nitrogens with zero attached hydrogens (tertiary/aromatic N) is 3. The van der Waals surface area contributed by atoms with Crippen LogP contribution in [0.15, 0.2) is 16.9 Å². The predicted molar refractivity (Wildman–Crippen MR) is 67.1 cm³/mol. The summed E-state index contributed by atoms with van der Waals surface area (Å²) >= 11 is 0. The van der Waals surface area contributed by atoms with E-state index in [1.165, 1.54) is 0 Å². The summed E-state index contributed by atoms with van der Waals surface area (Å²) in [4.78, 5) is 7.56. The Kier molecular flexibility index (Phi) is 3.07. The van der Waals surface area contributed by atoms with E-state index in [2.05, 4.69) is 15.2 Å². The van der Waals surface area contributed by atoms with Crippen molar-refractivity contribution in [2.24, 2.45) is 4.99 Å². The van der Waals surface area contributed by atoms with E-state index >= 15 is 0 Å². The van der Waals surface area contributed by atoms with Crippen molar-refractivity contribution >= 4 is 5.96 Å². The molecule has 5 nitrogen and oxygen atoms in total. The Morgan fingerprint density at radius 3 is 2.65 bits per heavy atom. The molecule has 0 amide bonds. The van der Waals surface area contributed by atoms with Crippen LogP contribution >= 0.6 is 0 Å². The quantitative estimate of drug-likeness (QED) is 0.774. The number of nitrogens with one attached hydrogen (secondary N) is 1. The van der Waals surface area contributed by atoms with Gasteiger partial charge in [0.1, 0.15) is 5.82 Å². The van der Waals surface area contributed by atoms with Crippen LogP contribution in [0.5, 0.6) is 0 Å². The van der Waals surface area contributed by atoms with Crippen LogP contribution in [0.4, 0.5) is 13.2 Å². The van der Waals surface area contributed by atoms with Crippen LogP contribution in [0, 0.1) is 0 Å². The fourth-order valence-corrected chi connectivity index (χ4v) is 2.57. The summed E-state index contributed by atoms with van der Waals surface area (Å²) in [6.45, 7) is 4.20. The zero-order valence-electron chi connectivity index (χ0n) is 11.2. The van der Waals surface area contributed by atoms with Crippen molar-refractivity contribution < 1.29 is 17.9 Å². The Labute approximate surface area is 115 Å². The lowest BCUT2D eigenvalue weighted by atomic mass is 10.0. The molecule has 0 bridgehead atoms. The molecule has 3 rings (SSSR count). The second-order valence-corrected chi connectivity index (χ2v) is 5.40. The smallest absolute Gasteiger partial charge is 0.378 e. The zero-order valence-corrected chi connectivity index (χ0v) is 11.2. The molecule has 3 heterocycles. The summed E-state index contributed by atoms with van der Waals surface area (Å²) in [6.07, 6.45) is -2.43. The van der Waals surface area contributed by atoms with Gasteiger partial charge in [-0.2, -0.15) is 13.2 Å². The monoisotopic (exact) mass is 290 g/mol. The van der Waals surface area contributed by atoms with E-state index in [4.69, 9.17) is 4.74 Å². The van der Waals surface area contributed by atoms with Crippen molar-refractivity contribution in [3.8, 4) is 0 Å². The molecule has 0 aliphatic carbocycles. The van der Waals surface area contributed by atoms with Gasteiger partial charge in [0.2, 0.25) is 5.96 Å². The predicted octanol–water partition coefficient (Wildman–Crippen LogP) is 0.756. The van der Waals surface area contributed by atoms with Crippen LogP contribution in [0.1, 0.15) is 6.92 Å². The SMILES string of the molecule is C[C@@]1(C(F)(F)F)CN2CC=C(N3CCOCC3)NC2=N1. The Balaban J connectivity index is 1.75. The second-order valence-electron chi connectivity index (χ2n) is 5.40. The summed E-state index contributed by atoms with van der Waals surface area (Å²) < 4.78 is 44.4. The lowest BCUT2D eigenvalue weighted by molar-refractivity contribution is -0.178. The Morgan fingerprint density at radius 1 is 1.30 bits per heavy atom. The number of hydrogen-bond donors (Lipinski definition) is 1. The molecule has 0 spiro atoms. The molecule has 1 atom stereocenters. The van der Waals surface area contributed by atoms with Crippen LogP contribution in [0.2, 0.25) is 0 Å². The van der Waals surface area contributed by atoms with Gasteiger partial charge in [0.05, 0.1) is 19.8 Å². The lowest BCUT2D eigenvalue weighted by Gasteiger charge is -2.35. The highest BCUT2D eigenvalue weighted by atomic mass is 19.4. The molecule has 0 saturated carbocycles. The van der Waals surface area contributed by atoms with Gasteiger partial charge in [0.25, 0.3) is 0 Å². The van der Waals surface area contributed by atoms with Crippen molar-refractivity contribution in [3.63, 3.8) is 0 Å². The fourth-order valence-electron chi connectivity index (χ4n) is 2.57. The third-order valence-corrected chi connectivity index (χ3v) is 3.86. The highest BCUT2D eigenvalue weighted by Crippen LogP contribution is 2.38. The fraction of sp³-hybridized carbons (Fsp3) is 0.750. The van der Waals surface area contributed by atoms with Crippen molar-refractivity contribution in [3.05, 3.63) is 11.9 Å². The van der Waals surface area contributed by atoms with E-state index in [1.54, 1.807) is 4.90 Å². The highest BCUT2D eigenvalue weighted by molar-refractivity contribution is 5.85. The first-order chi connectivity index (χ1) is 9.39. The standard InChI is InChI=1S/C12H17F3N4O/c1-11(12(13,14)15)8-19-3-2-9(16-10(19)17-11)18-4-6-20-7-5-18/h2H,3-8H2,1H3,(H,16,17)/t11-/m0/s1. The maximum Gasteiger partial charge on any atom is 0.415 e. The number of hydrogen-bond acceptors (Lipinski definition) is 5. The topological polar surface area (TPSA) is 40.1 Å². The van der Waals surface area contributed by atoms with Crippen LogP contribution in [0.3, 0.4) is 0 Å². The molecule has 1 N–H and O–H groups in total. The number of aliphatic imine (C=N–C) groups is 1. The molecule has 112 valence electrons. The van der Waals surface area contributed by atoms with Crippen molar-refractivity contribution in [2.75, 3.05) is 39.4 Å². The minimum atomic E-state index is -4.34. The van der Waals surface area contributed by atoms with Crippen LogP contribution < -0.4 is 5.32 Å². The summed E-state index contributed by atoms with van der Waals surface area (Å²) in [6, 6.07) is 0. The first-order valence-corrected chi connectivity index (χ1v) is 6.60. The van der Waals surface area contributed by atoms with E-state index in [1.807, 2.05) is 6.08 Å². The average Bonchev–Trinajstić information content (AvgIpc) is 2.76. The molecule has 0 aromatic heterocycles. The number of halogens is 3. The minimum Gasteiger partial charge on any atom is -0.378 e. The third kappa shape index (κ3) is 2.21. The number of guanidine groups is 1. The van der Waals surface area contributed by atoms with Gasteiger partial charge < -0.3 is 19.9 Å². The van der Waals surface area contributed by atoms with Crippen LogP contribution in [0.25, 0.3) is 0 Å².